The van der Waals surface area contributed by atoms with E-state index < -0.39 is 17.6 Å². The van der Waals surface area contributed by atoms with E-state index in [9.17, 15) is 18.0 Å². The molecule has 0 saturated carbocycles. The number of ether oxygens (including phenoxy) is 1. The Balaban J connectivity index is 1.76. The lowest BCUT2D eigenvalue weighted by Gasteiger charge is -2.10. The summed E-state index contributed by atoms with van der Waals surface area (Å²) in [4.78, 5) is 16.4. The first-order valence-electron chi connectivity index (χ1n) is 8.12. The molecule has 3 rings (SSSR count). The number of nitrogens with zero attached hydrogens (tertiary/aromatic N) is 2. The molecule has 5 nitrogen and oxygen atoms in total. The van der Waals surface area contributed by atoms with E-state index >= 15 is 0 Å². The third kappa shape index (κ3) is 4.73. The van der Waals surface area contributed by atoms with Crippen LogP contribution in [0.15, 0.2) is 78.0 Å². The van der Waals surface area contributed by atoms with Crippen LogP contribution in [0.5, 0.6) is 11.6 Å². The molecular weight excluding hydrogens is 371 g/mol. The van der Waals surface area contributed by atoms with E-state index in [1.807, 2.05) is 6.07 Å². The van der Waals surface area contributed by atoms with Crippen LogP contribution in [-0.4, -0.2) is 17.1 Å². The molecule has 1 amide bonds. The number of nitrogens with one attached hydrogen (secondary N) is 1. The molecule has 2 aromatic carbocycles. The Labute approximate surface area is 158 Å². The minimum absolute atomic E-state index is 0.0529. The van der Waals surface area contributed by atoms with Gasteiger partial charge in [0, 0.05) is 11.8 Å². The van der Waals surface area contributed by atoms with Crippen molar-refractivity contribution in [2.75, 3.05) is 0 Å². The van der Waals surface area contributed by atoms with Gasteiger partial charge in [-0.3, -0.25) is 4.79 Å². The number of halogens is 3. The van der Waals surface area contributed by atoms with Crippen molar-refractivity contribution in [1.82, 2.24) is 10.4 Å². The second-order valence-electron chi connectivity index (χ2n) is 5.56. The molecule has 0 aliphatic rings. The van der Waals surface area contributed by atoms with Crippen molar-refractivity contribution < 1.29 is 22.7 Å². The zero-order chi connectivity index (χ0) is 20.0. The van der Waals surface area contributed by atoms with Gasteiger partial charge < -0.3 is 4.74 Å². The largest absolute Gasteiger partial charge is 0.438 e. The number of amides is 1. The van der Waals surface area contributed by atoms with Gasteiger partial charge in [-0.25, -0.2) is 10.4 Å². The number of aromatic nitrogens is 1. The van der Waals surface area contributed by atoms with Crippen molar-refractivity contribution in [2.45, 2.75) is 6.18 Å². The molecule has 0 aliphatic heterocycles. The molecular formula is C20H14F3N3O2. The normalized spacial score (nSPS) is 11.4. The number of pyridine rings is 1. The third-order valence-corrected chi connectivity index (χ3v) is 3.61. The predicted molar refractivity (Wildman–Crippen MR) is 97.3 cm³/mol. The maximum Gasteiger partial charge on any atom is 0.417 e. The molecule has 0 aliphatic carbocycles. The summed E-state index contributed by atoms with van der Waals surface area (Å²) in [5.41, 5.74) is 1.28. The van der Waals surface area contributed by atoms with Gasteiger partial charge in [-0.05, 0) is 30.3 Å². The standard InChI is InChI=1S/C20H14F3N3O2/c21-20(22,23)17-11-5-4-7-14(17)13-25-26-18(27)16-10-6-12-24-19(16)28-15-8-2-1-3-9-15/h1-13H,(H,26,27)/b25-13+. The van der Waals surface area contributed by atoms with E-state index in [4.69, 9.17) is 4.74 Å². The number of hydrogen-bond donors (Lipinski definition) is 1. The molecule has 8 heteroatoms. The summed E-state index contributed by atoms with van der Waals surface area (Å²) in [6, 6.07) is 16.7. The van der Waals surface area contributed by atoms with E-state index in [-0.39, 0.29) is 17.0 Å². The van der Waals surface area contributed by atoms with Crippen LogP contribution in [0.2, 0.25) is 0 Å². The van der Waals surface area contributed by atoms with E-state index in [0.29, 0.717) is 5.75 Å². The first-order chi connectivity index (χ1) is 13.4. The zero-order valence-electron chi connectivity index (χ0n) is 14.4. The molecule has 1 aromatic heterocycles. The summed E-state index contributed by atoms with van der Waals surface area (Å²) < 4.78 is 44.5. The highest BCUT2D eigenvalue weighted by molar-refractivity contribution is 5.97. The topological polar surface area (TPSA) is 63.6 Å². The zero-order valence-corrected chi connectivity index (χ0v) is 14.4. The van der Waals surface area contributed by atoms with Crippen molar-refractivity contribution in [3.63, 3.8) is 0 Å². The quantitative estimate of drug-likeness (QED) is 0.513. The molecule has 0 bridgehead atoms. The summed E-state index contributed by atoms with van der Waals surface area (Å²) in [6.45, 7) is 0. The Kier molecular flexibility index (Phi) is 5.69. The molecule has 0 fully saturated rings. The second-order valence-corrected chi connectivity index (χ2v) is 5.56. The highest BCUT2D eigenvalue weighted by Gasteiger charge is 2.32. The van der Waals surface area contributed by atoms with Crippen LogP contribution in [0.25, 0.3) is 0 Å². The average Bonchev–Trinajstić information content (AvgIpc) is 2.69. The molecule has 142 valence electrons. The van der Waals surface area contributed by atoms with Gasteiger partial charge in [-0.1, -0.05) is 36.4 Å². The Morgan fingerprint density at radius 3 is 2.46 bits per heavy atom. The first kappa shape index (κ1) is 19.1. The fourth-order valence-electron chi connectivity index (χ4n) is 2.33. The summed E-state index contributed by atoms with van der Waals surface area (Å²) in [5.74, 6) is -0.130. The van der Waals surface area contributed by atoms with Gasteiger partial charge in [0.1, 0.15) is 11.3 Å². The molecule has 3 aromatic rings. The first-order valence-corrected chi connectivity index (χ1v) is 8.12. The van der Waals surface area contributed by atoms with Crippen LogP contribution in [0, 0.1) is 0 Å². The number of benzene rings is 2. The lowest BCUT2D eigenvalue weighted by Crippen LogP contribution is -2.19. The Morgan fingerprint density at radius 1 is 1.00 bits per heavy atom. The molecule has 1 N–H and O–H groups in total. The second kappa shape index (κ2) is 8.34. The Hall–Kier alpha value is -3.68. The summed E-state index contributed by atoms with van der Waals surface area (Å²) >= 11 is 0. The van der Waals surface area contributed by atoms with Crippen molar-refractivity contribution in [3.8, 4) is 11.6 Å². The van der Waals surface area contributed by atoms with Gasteiger partial charge in [-0.15, -0.1) is 0 Å². The highest BCUT2D eigenvalue weighted by atomic mass is 19.4. The number of para-hydroxylation sites is 1. The van der Waals surface area contributed by atoms with Gasteiger partial charge in [-0.2, -0.15) is 18.3 Å². The fourth-order valence-corrected chi connectivity index (χ4v) is 2.33. The maximum absolute atomic E-state index is 13.0. The van der Waals surface area contributed by atoms with Gasteiger partial charge in [0.05, 0.1) is 11.8 Å². The molecule has 1 heterocycles. The van der Waals surface area contributed by atoms with E-state index in [1.165, 1.54) is 36.5 Å². The highest BCUT2D eigenvalue weighted by Crippen LogP contribution is 2.31. The molecule has 28 heavy (non-hydrogen) atoms. The van der Waals surface area contributed by atoms with Crippen LogP contribution in [0.1, 0.15) is 21.5 Å². The van der Waals surface area contributed by atoms with Crippen LogP contribution in [0.4, 0.5) is 13.2 Å². The Bertz CT molecular complexity index is 989. The number of rotatable bonds is 5. The van der Waals surface area contributed by atoms with Gasteiger partial charge >= 0.3 is 6.18 Å². The lowest BCUT2D eigenvalue weighted by molar-refractivity contribution is -0.137. The predicted octanol–water partition coefficient (Wildman–Crippen LogP) is 4.66. The summed E-state index contributed by atoms with van der Waals surface area (Å²) in [5, 5.41) is 3.63. The number of alkyl halides is 3. The molecule has 0 atom stereocenters. The average molecular weight is 385 g/mol. The van der Waals surface area contributed by atoms with Crippen LogP contribution in [0.3, 0.4) is 0 Å². The minimum atomic E-state index is -4.52. The van der Waals surface area contributed by atoms with Gasteiger partial charge in [0.25, 0.3) is 5.91 Å². The van der Waals surface area contributed by atoms with E-state index in [0.717, 1.165) is 12.3 Å². The maximum atomic E-state index is 13.0. The van der Waals surface area contributed by atoms with Crippen LogP contribution < -0.4 is 10.2 Å². The molecule has 0 spiro atoms. The van der Waals surface area contributed by atoms with Crippen LogP contribution >= 0.6 is 0 Å². The lowest BCUT2D eigenvalue weighted by atomic mass is 10.1. The van der Waals surface area contributed by atoms with Crippen molar-refractivity contribution in [1.29, 1.82) is 0 Å². The Morgan fingerprint density at radius 2 is 1.71 bits per heavy atom. The fraction of sp³-hybridized carbons (Fsp3) is 0.0500. The van der Waals surface area contributed by atoms with Crippen molar-refractivity contribution >= 4 is 12.1 Å². The molecule has 0 radical (unpaired) electrons. The minimum Gasteiger partial charge on any atom is -0.438 e. The monoisotopic (exact) mass is 385 g/mol. The van der Waals surface area contributed by atoms with E-state index in [1.54, 1.807) is 24.3 Å². The number of carbonyl (C=O) groups excluding carboxylic acids is 1. The number of carbonyl (C=O) groups is 1. The van der Waals surface area contributed by atoms with Crippen molar-refractivity contribution in [2.24, 2.45) is 5.10 Å². The molecule has 0 saturated heterocycles. The SMILES string of the molecule is O=C(N/N=C/c1ccccc1C(F)(F)F)c1cccnc1Oc1ccccc1. The van der Waals surface area contributed by atoms with Gasteiger partial charge in [0.15, 0.2) is 0 Å². The third-order valence-electron chi connectivity index (χ3n) is 3.61. The van der Waals surface area contributed by atoms with E-state index in [2.05, 4.69) is 15.5 Å². The number of hydrazone groups is 1. The molecule has 0 unspecified atom stereocenters. The summed E-state index contributed by atoms with van der Waals surface area (Å²) in [7, 11) is 0. The number of hydrogen-bond acceptors (Lipinski definition) is 4. The summed E-state index contributed by atoms with van der Waals surface area (Å²) in [6.07, 6.45) is -2.13. The van der Waals surface area contributed by atoms with Crippen LogP contribution in [-0.2, 0) is 6.18 Å². The smallest absolute Gasteiger partial charge is 0.417 e. The van der Waals surface area contributed by atoms with Crippen molar-refractivity contribution in [3.05, 3.63) is 89.6 Å². The van der Waals surface area contributed by atoms with Gasteiger partial charge in [0.2, 0.25) is 5.88 Å².